The molecule has 17 heavy (non-hydrogen) atoms. The monoisotopic (exact) mass is 240 g/mol. The third-order valence-electron chi connectivity index (χ3n) is 2.86. The number of hydrogen-bond acceptors (Lipinski definition) is 5. The molecule has 94 valence electrons. The molecule has 0 aromatic heterocycles. The van der Waals surface area contributed by atoms with Crippen LogP contribution in [0, 0.1) is 10.1 Å². The minimum atomic E-state index is -2.04. The van der Waals surface area contributed by atoms with Gasteiger partial charge >= 0.3 is 0 Å². The number of hydrogen-bond donors (Lipinski definition) is 2. The summed E-state index contributed by atoms with van der Waals surface area (Å²) in [4.78, 5) is 11.6. The molecule has 0 saturated carbocycles. The highest BCUT2D eigenvalue weighted by atomic mass is 16.6. The van der Waals surface area contributed by atoms with E-state index in [9.17, 15) is 20.3 Å². The molecular weight excluding hydrogens is 224 g/mol. The van der Waals surface area contributed by atoms with Crippen LogP contribution >= 0.6 is 0 Å². The van der Waals surface area contributed by atoms with Crippen LogP contribution in [-0.2, 0) is 5.79 Å². The highest BCUT2D eigenvalue weighted by Gasteiger charge is 2.34. The highest BCUT2D eigenvalue weighted by molar-refractivity contribution is 5.35. The van der Waals surface area contributed by atoms with Gasteiger partial charge in [0.15, 0.2) is 0 Å². The van der Waals surface area contributed by atoms with Crippen molar-refractivity contribution < 1.29 is 15.1 Å². The van der Waals surface area contributed by atoms with Crippen molar-refractivity contribution in [3.8, 4) is 0 Å². The van der Waals surface area contributed by atoms with Crippen LogP contribution in [-0.4, -0.2) is 40.2 Å². The molecule has 0 spiro atoms. The maximum Gasteiger partial charge on any atom is 0.269 e. The van der Waals surface area contributed by atoms with Gasteiger partial charge in [-0.2, -0.15) is 0 Å². The molecule has 6 nitrogen and oxygen atoms in total. The first kappa shape index (κ1) is 13.6. The van der Waals surface area contributed by atoms with Crippen LogP contribution in [0.4, 0.5) is 5.69 Å². The minimum absolute atomic E-state index is 0.0814. The summed E-state index contributed by atoms with van der Waals surface area (Å²) >= 11 is 0. The largest absolute Gasteiger partial charge is 0.361 e. The summed E-state index contributed by atoms with van der Waals surface area (Å²) in [6.07, 6.45) is 0. The number of likely N-dealkylation sites (N-methyl/N-ethyl adjacent to an activating group) is 1. The standard InChI is InChI=1S/C11H16N2O4/c1-8(12(2)3)11(14,15)9-4-6-10(7-5-9)13(16)17/h4-8,14-15H,1-3H3. The van der Waals surface area contributed by atoms with Crippen molar-refractivity contribution in [2.24, 2.45) is 0 Å². The minimum Gasteiger partial charge on any atom is -0.361 e. The molecule has 1 aromatic rings. The van der Waals surface area contributed by atoms with E-state index in [0.717, 1.165) is 0 Å². The summed E-state index contributed by atoms with van der Waals surface area (Å²) in [5.41, 5.74) is 0.145. The zero-order valence-corrected chi connectivity index (χ0v) is 9.99. The van der Waals surface area contributed by atoms with E-state index in [4.69, 9.17) is 0 Å². The number of benzene rings is 1. The van der Waals surface area contributed by atoms with Gasteiger partial charge in [0.1, 0.15) is 0 Å². The number of nitro groups is 1. The van der Waals surface area contributed by atoms with E-state index in [2.05, 4.69) is 0 Å². The number of aliphatic hydroxyl groups is 2. The van der Waals surface area contributed by atoms with Gasteiger partial charge in [-0.05, 0) is 33.2 Å². The van der Waals surface area contributed by atoms with Gasteiger partial charge in [-0.25, -0.2) is 0 Å². The van der Waals surface area contributed by atoms with Crippen LogP contribution in [0.25, 0.3) is 0 Å². The molecule has 0 bridgehead atoms. The Balaban J connectivity index is 3.03. The van der Waals surface area contributed by atoms with Crippen LogP contribution in [0.1, 0.15) is 12.5 Å². The number of non-ortho nitro benzene ring substituents is 1. The van der Waals surface area contributed by atoms with Crippen molar-refractivity contribution in [3.05, 3.63) is 39.9 Å². The zero-order chi connectivity index (χ0) is 13.2. The molecule has 1 aromatic carbocycles. The summed E-state index contributed by atoms with van der Waals surface area (Å²) in [5, 5.41) is 30.5. The van der Waals surface area contributed by atoms with Gasteiger partial charge in [0.05, 0.1) is 11.0 Å². The van der Waals surface area contributed by atoms with Gasteiger partial charge in [-0.1, -0.05) is 0 Å². The molecular formula is C11H16N2O4. The predicted octanol–water partition coefficient (Wildman–Crippen LogP) is 0.682. The van der Waals surface area contributed by atoms with Gasteiger partial charge in [0.25, 0.3) is 5.69 Å². The topological polar surface area (TPSA) is 86.8 Å². The fourth-order valence-electron chi connectivity index (χ4n) is 1.43. The number of nitro benzene ring substituents is 1. The smallest absolute Gasteiger partial charge is 0.269 e. The molecule has 0 amide bonds. The van der Waals surface area contributed by atoms with Crippen molar-refractivity contribution in [1.82, 2.24) is 4.90 Å². The Hall–Kier alpha value is -1.50. The van der Waals surface area contributed by atoms with Gasteiger partial charge in [0.2, 0.25) is 5.79 Å². The van der Waals surface area contributed by atoms with E-state index >= 15 is 0 Å². The van der Waals surface area contributed by atoms with Crippen LogP contribution in [0.15, 0.2) is 24.3 Å². The molecule has 0 radical (unpaired) electrons. The van der Waals surface area contributed by atoms with Crippen molar-refractivity contribution in [2.75, 3.05) is 14.1 Å². The lowest BCUT2D eigenvalue weighted by atomic mass is 9.98. The van der Waals surface area contributed by atoms with Gasteiger partial charge < -0.3 is 15.1 Å². The molecule has 1 unspecified atom stereocenters. The van der Waals surface area contributed by atoms with E-state index in [1.165, 1.54) is 24.3 Å². The molecule has 1 atom stereocenters. The average molecular weight is 240 g/mol. The fraction of sp³-hybridized carbons (Fsp3) is 0.455. The van der Waals surface area contributed by atoms with Gasteiger partial charge in [0, 0.05) is 17.7 Å². The molecule has 0 aliphatic rings. The third kappa shape index (κ3) is 2.79. The fourth-order valence-corrected chi connectivity index (χ4v) is 1.43. The molecule has 0 heterocycles. The van der Waals surface area contributed by atoms with Crippen LogP contribution in [0.5, 0.6) is 0 Å². The molecule has 0 aliphatic carbocycles. The molecule has 6 heteroatoms. The number of rotatable bonds is 4. The summed E-state index contributed by atoms with van der Waals surface area (Å²) in [7, 11) is 3.44. The van der Waals surface area contributed by atoms with E-state index in [1.54, 1.807) is 25.9 Å². The van der Waals surface area contributed by atoms with Crippen LogP contribution in [0.2, 0.25) is 0 Å². The Morgan fingerprint density at radius 2 is 1.76 bits per heavy atom. The molecule has 0 aliphatic heterocycles. The summed E-state index contributed by atoms with van der Waals surface area (Å²) in [6, 6.07) is 4.65. The summed E-state index contributed by atoms with van der Waals surface area (Å²) < 4.78 is 0. The summed E-state index contributed by atoms with van der Waals surface area (Å²) in [5.74, 6) is -2.04. The van der Waals surface area contributed by atoms with Gasteiger partial charge in [-0.15, -0.1) is 0 Å². The van der Waals surface area contributed by atoms with Gasteiger partial charge in [-0.3, -0.25) is 10.1 Å². The second kappa shape index (κ2) is 4.79. The molecule has 2 N–H and O–H groups in total. The normalized spacial score (nSPS) is 13.8. The Morgan fingerprint density at radius 3 is 2.12 bits per heavy atom. The Bertz CT molecular complexity index is 400. The van der Waals surface area contributed by atoms with Crippen molar-refractivity contribution in [3.63, 3.8) is 0 Å². The lowest BCUT2D eigenvalue weighted by molar-refractivity contribution is -0.384. The molecule has 0 saturated heterocycles. The first-order chi connectivity index (χ1) is 7.76. The maximum absolute atomic E-state index is 10.5. The van der Waals surface area contributed by atoms with E-state index in [1.807, 2.05) is 0 Å². The summed E-state index contributed by atoms with van der Waals surface area (Å²) in [6.45, 7) is 1.65. The number of nitrogens with zero attached hydrogens (tertiary/aromatic N) is 2. The van der Waals surface area contributed by atoms with E-state index in [-0.39, 0.29) is 11.3 Å². The van der Waals surface area contributed by atoms with Crippen LogP contribution < -0.4 is 0 Å². The maximum atomic E-state index is 10.5. The first-order valence-electron chi connectivity index (χ1n) is 5.13. The van der Waals surface area contributed by atoms with Crippen molar-refractivity contribution >= 4 is 5.69 Å². The lowest BCUT2D eigenvalue weighted by Crippen LogP contribution is -2.45. The van der Waals surface area contributed by atoms with Crippen molar-refractivity contribution in [2.45, 2.75) is 18.8 Å². The van der Waals surface area contributed by atoms with E-state index in [0.29, 0.717) is 0 Å². The molecule has 0 fully saturated rings. The second-order valence-corrected chi connectivity index (χ2v) is 4.17. The Morgan fingerprint density at radius 1 is 1.29 bits per heavy atom. The van der Waals surface area contributed by atoms with E-state index < -0.39 is 16.8 Å². The second-order valence-electron chi connectivity index (χ2n) is 4.17. The Labute approximate surface area is 99.3 Å². The quantitative estimate of drug-likeness (QED) is 0.459. The molecule has 1 rings (SSSR count). The lowest BCUT2D eigenvalue weighted by Gasteiger charge is -2.33. The SMILES string of the molecule is CC(N(C)C)C(O)(O)c1ccc([N+](=O)[O-])cc1. The first-order valence-corrected chi connectivity index (χ1v) is 5.13. The van der Waals surface area contributed by atoms with Crippen molar-refractivity contribution in [1.29, 1.82) is 0 Å². The zero-order valence-electron chi connectivity index (χ0n) is 9.99. The Kier molecular flexibility index (Phi) is 3.82. The average Bonchev–Trinajstić information content (AvgIpc) is 2.27. The van der Waals surface area contributed by atoms with Crippen LogP contribution in [0.3, 0.4) is 0 Å². The highest BCUT2D eigenvalue weighted by Crippen LogP contribution is 2.26. The predicted molar refractivity (Wildman–Crippen MR) is 62.4 cm³/mol. The third-order valence-corrected chi connectivity index (χ3v) is 2.86.